The lowest BCUT2D eigenvalue weighted by Crippen LogP contribution is -1.92. The summed E-state index contributed by atoms with van der Waals surface area (Å²) in [6.07, 6.45) is 2.53. The van der Waals surface area contributed by atoms with Gasteiger partial charge in [0.1, 0.15) is 0 Å². The zero-order valence-corrected chi connectivity index (χ0v) is 8.23. The molecule has 0 aliphatic heterocycles. The highest BCUT2D eigenvalue weighted by atomic mass is 19.1. The Morgan fingerprint density at radius 2 is 1.43 bits per heavy atom. The Hall–Kier alpha value is -0.920. The minimum Gasteiger partial charge on any atom is -0.251 e. The van der Waals surface area contributed by atoms with Gasteiger partial charge in [0, 0.05) is 0 Å². The molecule has 1 rings (SSSR count). The minimum atomic E-state index is -0.289. The Balaban J connectivity index is 2.50. The quantitative estimate of drug-likeness (QED) is 0.656. The van der Waals surface area contributed by atoms with E-state index < -0.39 is 0 Å². The molecule has 0 saturated heterocycles. The third kappa shape index (κ3) is 3.86. The average molecular weight is 197 g/mol. The molecule has 0 saturated carbocycles. The minimum absolute atomic E-state index is 0.289. The van der Waals surface area contributed by atoms with Crippen LogP contribution in [0.2, 0.25) is 0 Å². The molecule has 0 nitrogen and oxygen atoms in total. The summed E-state index contributed by atoms with van der Waals surface area (Å²) in [5, 5.41) is 0. The Morgan fingerprint density at radius 3 is 1.86 bits per heavy atom. The second-order valence-electron chi connectivity index (χ2n) is 3.29. The van der Waals surface area contributed by atoms with Crippen molar-refractivity contribution in [2.45, 2.75) is 25.7 Å². The Morgan fingerprint density at radius 1 is 0.929 bits per heavy atom. The largest absolute Gasteiger partial charge is 0.251 e. The third-order valence-corrected chi connectivity index (χ3v) is 2.08. The molecule has 1 aromatic rings. The molecule has 0 spiro atoms. The second-order valence-corrected chi connectivity index (χ2v) is 3.29. The molecule has 0 aliphatic carbocycles. The Bertz CT molecular complexity index is 235. The molecular formula is C12H15F2. The first-order valence-corrected chi connectivity index (χ1v) is 4.99. The fourth-order valence-corrected chi connectivity index (χ4v) is 1.38. The third-order valence-electron chi connectivity index (χ3n) is 2.08. The monoisotopic (exact) mass is 197 g/mol. The van der Waals surface area contributed by atoms with Gasteiger partial charge in [-0.25, -0.2) is 0 Å². The van der Waals surface area contributed by atoms with Gasteiger partial charge in [-0.3, -0.25) is 8.78 Å². The maximum Gasteiger partial charge on any atom is 0.0897 e. The fourth-order valence-electron chi connectivity index (χ4n) is 1.38. The molecule has 1 radical (unpaired) electrons. The molecule has 14 heavy (non-hydrogen) atoms. The van der Waals surface area contributed by atoms with Crippen LogP contribution >= 0.6 is 0 Å². The van der Waals surface area contributed by atoms with Crippen molar-refractivity contribution in [2.24, 2.45) is 0 Å². The molecule has 0 aliphatic rings. The smallest absolute Gasteiger partial charge is 0.0897 e. The predicted molar refractivity (Wildman–Crippen MR) is 53.9 cm³/mol. The van der Waals surface area contributed by atoms with Gasteiger partial charge in [-0.05, 0) is 42.9 Å². The summed E-state index contributed by atoms with van der Waals surface area (Å²) in [6.45, 7) is -0.578. The summed E-state index contributed by atoms with van der Waals surface area (Å²) < 4.78 is 23.8. The van der Waals surface area contributed by atoms with Crippen LogP contribution in [0.25, 0.3) is 0 Å². The maximum absolute atomic E-state index is 11.9. The van der Waals surface area contributed by atoms with E-state index in [0.29, 0.717) is 12.8 Å². The first-order chi connectivity index (χ1) is 6.86. The first-order valence-electron chi connectivity index (χ1n) is 4.99. The van der Waals surface area contributed by atoms with Crippen molar-refractivity contribution >= 4 is 0 Å². The molecule has 2 heteroatoms. The van der Waals surface area contributed by atoms with Crippen molar-refractivity contribution in [1.82, 2.24) is 0 Å². The van der Waals surface area contributed by atoms with Crippen LogP contribution in [0.15, 0.2) is 18.2 Å². The highest BCUT2D eigenvalue weighted by Gasteiger charge is 1.97. The van der Waals surface area contributed by atoms with E-state index in [4.69, 9.17) is 0 Å². The topological polar surface area (TPSA) is 0 Å². The molecule has 0 unspecified atom stereocenters. The lowest BCUT2D eigenvalue weighted by Gasteiger charge is -2.02. The highest BCUT2D eigenvalue weighted by Crippen LogP contribution is 2.08. The van der Waals surface area contributed by atoms with Crippen LogP contribution in [0, 0.1) is 6.07 Å². The maximum atomic E-state index is 11.9. The van der Waals surface area contributed by atoms with Gasteiger partial charge in [0.25, 0.3) is 0 Å². The van der Waals surface area contributed by atoms with Crippen LogP contribution in [-0.2, 0) is 12.8 Å². The van der Waals surface area contributed by atoms with Crippen molar-refractivity contribution in [2.75, 3.05) is 13.3 Å². The van der Waals surface area contributed by atoms with Gasteiger partial charge in [-0.15, -0.1) is 0 Å². The number of rotatable bonds is 6. The molecule has 0 fully saturated rings. The summed E-state index contributed by atoms with van der Waals surface area (Å²) in [4.78, 5) is 0. The Kier molecular flexibility index (Phi) is 5.20. The molecule has 0 atom stereocenters. The van der Waals surface area contributed by atoms with Crippen LogP contribution in [0.4, 0.5) is 8.78 Å². The van der Waals surface area contributed by atoms with Crippen LogP contribution in [0.1, 0.15) is 24.0 Å². The van der Waals surface area contributed by atoms with E-state index in [-0.39, 0.29) is 13.3 Å². The van der Waals surface area contributed by atoms with Gasteiger partial charge in [0.15, 0.2) is 0 Å². The number of hydrogen-bond acceptors (Lipinski definition) is 0. The van der Waals surface area contributed by atoms with Crippen molar-refractivity contribution in [1.29, 1.82) is 0 Å². The van der Waals surface area contributed by atoms with E-state index in [2.05, 4.69) is 6.07 Å². The molecule has 0 aromatic heterocycles. The number of halogens is 2. The van der Waals surface area contributed by atoms with E-state index >= 15 is 0 Å². The Labute approximate surface area is 84.0 Å². The molecular weight excluding hydrogens is 182 g/mol. The van der Waals surface area contributed by atoms with Gasteiger partial charge in [0.2, 0.25) is 0 Å². The van der Waals surface area contributed by atoms with Gasteiger partial charge in [0.05, 0.1) is 13.3 Å². The number of hydrogen-bond donors (Lipinski definition) is 0. The van der Waals surface area contributed by atoms with E-state index in [9.17, 15) is 8.78 Å². The molecule has 77 valence electrons. The zero-order valence-electron chi connectivity index (χ0n) is 8.23. The average Bonchev–Trinajstić information content (AvgIpc) is 2.24. The van der Waals surface area contributed by atoms with E-state index in [1.807, 2.05) is 18.2 Å². The summed E-state index contributed by atoms with van der Waals surface area (Å²) in [6, 6.07) is 8.99. The zero-order chi connectivity index (χ0) is 10.2. The molecule has 0 N–H and O–H groups in total. The van der Waals surface area contributed by atoms with E-state index in [0.717, 1.165) is 24.0 Å². The van der Waals surface area contributed by atoms with Gasteiger partial charge < -0.3 is 0 Å². The van der Waals surface area contributed by atoms with Gasteiger partial charge in [-0.2, -0.15) is 0 Å². The fraction of sp³-hybridized carbons (Fsp3) is 0.500. The lowest BCUT2D eigenvalue weighted by molar-refractivity contribution is 0.471. The van der Waals surface area contributed by atoms with E-state index in [1.54, 1.807) is 0 Å². The molecule has 1 aromatic carbocycles. The SMILES string of the molecule is FCCCc1[c]c(CCCF)ccc1. The van der Waals surface area contributed by atoms with Gasteiger partial charge >= 0.3 is 0 Å². The molecule has 0 bridgehead atoms. The molecule has 0 amide bonds. The molecule has 0 heterocycles. The number of benzene rings is 1. The second kappa shape index (κ2) is 6.52. The number of aryl methyl sites for hydroxylation is 2. The summed E-state index contributed by atoms with van der Waals surface area (Å²) in [5.41, 5.74) is 2.05. The summed E-state index contributed by atoms with van der Waals surface area (Å²) in [7, 11) is 0. The van der Waals surface area contributed by atoms with Crippen LogP contribution in [0.3, 0.4) is 0 Å². The van der Waals surface area contributed by atoms with Gasteiger partial charge in [-0.1, -0.05) is 18.2 Å². The van der Waals surface area contributed by atoms with Crippen molar-refractivity contribution in [3.8, 4) is 0 Å². The van der Waals surface area contributed by atoms with Crippen LogP contribution in [-0.4, -0.2) is 13.3 Å². The van der Waals surface area contributed by atoms with Crippen molar-refractivity contribution in [3.05, 3.63) is 35.4 Å². The normalized spacial score (nSPS) is 10.4. The van der Waals surface area contributed by atoms with Crippen molar-refractivity contribution in [3.63, 3.8) is 0 Å². The van der Waals surface area contributed by atoms with Crippen LogP contribution in [0.5, 0.6) is 0 Å². The van der Waals surface area contributed by atoms with Crippen LogP contribution < -0.4 is 0 Å². The van der Waals surface area contributed by atoms with Crippen molar-refractivity contribution < 1.29 is 8.78 Å². The lowest BCUT2D eigenvalue weighted by atomic mass is 10.0. The summed E-state index contributed by atoms with van der Waals surface area (Å²) >= 11 is 0. The standard InChI is InChI=1S/C12H15F2/c13-8-2-6-11-4-1-5-12(10-11)7-3-9-14/h1,4-5H,2-3,6-9H2. The predicted octanol–water partition coefficient (Wildman–Crippen LogP) is 3.29. The van der Waals surface area contributed by atoms with E-state index in [1.165, 1.54) is 0 Å². The highest BCUT2D eigenvalue weighted by molar-refractivity contribution is 5.22. The first kappa shape index (κ1) is 11.2. The number of alkyl halides is 2. The summed E-state index contributed by atoms with van der Waals surface area (Å²) in [5.74, 6) is 0.